The molecule has 0 amide bonds. The van der Waals surface area contributed by atoms with Gasteiger partial charge in [0.15, 0.2) is 5.69 Å². The van der Waals surface area contributed by atoms with Crippen molar-refractivity contribution >= 4 is 17.3 Å². The summed E-state index contributed by atoms with van der Waals surface area (Å²) in [4.78, 5) is 14.0. The van der Waals surface area contributed by atoms with Crippen LogP contribution in [0.5, 0.6) is 0 Å². The minimum absolute atomic E-state index is 0.103. The van der Waals surface area contributed by atoms with Gasteiger partial charge in [0, 0.05) is 25.0 Å². The first-order valence-corrected chi connectivity index (χ1v) is 8.73. The van der Waals surface area contributed by atoms with Crippen molar-refractivity contribution in [3.63, 3.8) is 0 Å². The van der Waals surface area contributed by atoms with Gasteiger partial charge in [-0.2, -0.15) is 18.4 Å². The third kappa shape index (κ3) is 3.50. The van der Waals surface area contributed by atoms with Gasteiger partial charge in [-0.25, -0.2) is 4.79 Å². The van der Waals surface area contributed by atoms with E-state index in [0.29, 0.717) is 18.8 Å². The van der Waals surface area contributed by atoms with Gasteiger partial charge in [-0.3, -0.25) is 0 Å². The Morgan fingerprint density at radius 2 is 1.93 bits per heavy atom. The molecule has 0 bridgehead atoms. The van der Waals surface area contributed by atoms with Crippen LogP contribution in [0.1, 0.15) is 40.9 Å². The van der Waals surface area contributed by atoms with Gasteiger partial charge in [0.25, 0.3) is 0 Å². The number of nitrogens with two attached hydrogens (primary N) is 1. The first-order chi connectivity index (χ1) is 13.3. The molecule has 9 heteroatoms. The number of alkyl halides is 3. The van der Waals surface area contributed by atoms with Gasteiger partial charge in [0.1, 0.15) is 6.07 Å². The number of halogens is 3. The molecule has 148 valence electrons. The Bertz CT molecular complexity index is 938. The number of nitriles is 1. The summed E-state index contributed by atoms with van der Waals surface area (Å²) in [6.45, 7) is 1.39. The van der Waals surface area contributed by atoms with E-state index in [1.165, 1.54) is 6.07 Å². The summed E-state index contributed by atoms with van der Waals surface area (Å²) >= 11 is 0. The van der Waals surface area contributed by atoms with E-state index in [-0.39, 0.29) is 22.6 Å². The van der Waals surface area contributed by atoms with E-state index >= 15 is 0 Å². The molecule has 2 aromatic rings. The minimum Gasteiger partial charge on any atom is -0.464 e. The van der Waals surface area contributed by atoms with Crippen LogP contribution in [0.3, 0.4) is 0 Å². The van der Waals surface area contributed by atoms with Gasteiger partial charge in [-0.15, -0.1) is 0 Å². The van der Waals surface area contributed by atoms with Gasteiger partial charge in [-0.05, 0) is 37.5 Å². The lowest BCUT2D eigenvalue weighted by Crippen LogP contribution is -2.29. The number of rotatable bonds is 3. The Morgan fingerprint density at radius 1 is 1.25 bits per heavy atom. The van der Waals surface area contributed by atoms with Crippen LogP contribution in [0.4, 0.5) is 24.5 Å². The molecule has 6 nitrogen and oxygen atoms in total. The Labute approximate surface area is 159 Å². The minimum atomic E-state index is -4.67. The number of hydrogen-bond donors (Lipinski definition) is 1. The highest BCUT2D eigenvalue weighted by molar-refractivity contribution is 5.96. The smallest absolute Gasteiger partial charge is 0.418 e. The van der Waals surface area contributed by atoms with Crippen molar-refractivity contribution in [2.24, 2.45) is 0 Å². The fraction of sp³-hybridized carbons (Fsp3) is 0.368. The highest BCUT2D eigenvalue weighted by atomic mass is 19.4. The molecule has 1 aliphatic heterocycles. The zero-order chi connectivity index (χ0) is 20.5. The molecule has 0 saturated carbocycles. The number of piperidine rings is 1. The van der Waals surface area contributed by atoms with Crippen LogP contribution in [0.25, 0.3) is 5.69 Å². The fourth-order valence-corrected chi connectivity index (χ4v) is 3.41. The van der Waals surface area contributed by atoms with Gasteiger partial charge in [0.2, 0.25) is 0 Å². The molecule has 1 saturated heterocycles. The first kappa shape index (κ1) is 19.6. The molecule has 1 aromatic heterocycles. The summed E-state index contributed by atoms with van der Waals surface area (Å²) in [6, 6.07) is 5.73. The monoisotopic (exact) mass is 392 g/mol. The molecule has 1 fully saturated rings. The number of nitrogens with zero attached hydrogens (tertiary/aromatic N) is 3. The average molecular weight is 392 g/mol. The van der Waals surface area contributed by atoms with Crippen molar-refractivity contribution < 1.29 is 22.7 Å². The van der Waals surface area contributed by atoms with Gasteiger partial charge >= 0.3 is 12.1 Å². The number of benzene rings is 1. The molecule has 0 radical (unpaired) electrons. The van der Waals surface area contributed by atoms with E-state index in [4.69, 9.17) is 5.73 Å². The van der Waals surface area contributed by atoms with Gasteiger partial charge in [0.05, 0.1) is 29.6 Å². The highest BCUT2D eigenvalue weighted by Crippen LogP contribution is 2.38. The number of esters is 1. The van der Waals surface area contributed by atoms with Crippen molar-refractivity contribution in [1.29, 1.82) is 5.26 Å². The lowest BCUT2D eigenvalue weighted by atomic mass is 10.1. The maximum atomic E-state index is 13.8. The standard InChI is InChI=1S/C19H19F3N4O2/c1-28-18(27)17-16(24)12(10-23)11-26(17)15-6-5-13(9-14(15)19(20,21)22)25-7-3-2-4-8-25/h5-6,9,11H,2-4,7-8,24H2,1H3. The van der Waals surface area contributed by atoms with Crippen LogP contribution in [0.2, 0.25) is 0 Å². The van der Waals surface area contributed by atoms with E-state index in [1.807, 2.05) is 4.90 Å². The third-order valence-corrected chi connectivity index (χ3v) is 4.81. The second-order valence-electron chi connectivity index (χ2n) is 6.53. The molecule has 2 heterocycles. The summed E-state index contributed by atoms with van der Waals surface area (Å²) in [5.41, 5.74) is 4.43. The third-order valence-electron chi connectivity index (χ3n) is 4.81. The number of ether oxygens (including phenoxy) is 1. The number of nitrogen functional groups attached to an aromatic ring is 1. The quantitative estimate of drug-likeness (QED) is 0.805. The number of carbonyl (C=O) groups is 1. The number of anilines is 2. The summed E-state index contributed by atoms with van der Waals surface area (Å²) in [5, 5.41) is 9.18. The van der Waals surface area contributed by atoms with Gasteiger partial charge in [-0.1, -0.05) is 0 Å². The second-order valence-corrected chi connectivity index (χ2v) is 6.53. The number of hydrogen-bond acceptors (Lipinski definition) is 5. The van der Waals surface area contributed by atoms with Crippen molar-refractivity contribution in [1.82, 2.24) is 4.57 Å². The Hall–Kier alpha value is -3.15. The summed E-state index contributed by atoms with van der Waals surface area (Å²) in [7, 11) is 1.09. The number of carbonyl (C=O) groups excluding carboxylic acids is 1. The molecular formula is C19H19F3N4O2. The normalized spacial score (nSPS) is 14.6. The van der Waals surface area contributed by atoms with Crippen LogP contribution in [0.15, 0.2) is 24.4 Å². The van der Waals surface area contributed by atoms with E-state index in [1.54, 1.807) is 12.1 Å². The molecule has 3 rings (SSSR count). The SMILES string of the molecule is COC(=O)c1c(N)c(C#N)cn1-c1ccc(N2CCCCC2)cc1C(F)(F)F. The van der Waals surface area contributed by atoms with Crippen LogP contribution >= 0.6 is 0 Å². The molecule has 0 atom stereocenters. The van der Waals surface area contributed by atoms with E-state index in [9.17, 15) is 23.2 Å². The topological polar surface area (TPSA) is 84.3 Å². The molecule has 28 heavy (non-hydrogen) atoms. The maximum Gasteiger partial charge on any atom is 0.418 e. The van der Waals surface area contributed by atoms with E-state index in [2.05, 4.69) is 4.74 Å². The molecule has 1 aliphatic rings. The predicted molar refractivity (Wildman–Crippen MR) is 97.3 cm³/mol. The van der Waals surface area contributed by atoms with Crippen LogP contribution in [-0.4, -0.2) is 30.7 Å². The predicted octanol–water partition coefficient (Wildman–Crippen LogP) is 3.73. The summed E-state index contributed by atoms with van der Waals surface area (Å²) in [5.74, 6) is -0.924. The lowest BCUT2D eigenvalue weighted by molar-refractivity contribution is -0.137. The molecule has 0 aliphatic carbocycles. The van der Waals surface area contributed by atoms with Crippen molar-refractivity contribution in [3.8, 4) is 11.8 Å². The zero-order valence-corrected chi connectivity index (χ0v) is 15.2. The summed E-state index contributed by atoms with van der Waals surface area (Å²) in [6.07, 6.45) is -0.639. The van der Waals surface area contributed by atoms with Crippen molar-refractivity contribution in [2.45, 2.75) is 25.4 Å². The average Bonchev–Trinajstić information content (AvgIpc) is 3.03. The molecular weight excluding hydrogens is 373 g/mol. The number of methoxy groups -OCH3 is 1. The molecule has 0 spiro atoms. The van der Waals surface area contributed by atoms with Crippen LogP contribution < -0.4 is 10.6 Å². The van der Waals surface area contributed by atoms with Crippen molar-refractivity contribution in [3.05, 3.63) is 41.2 Å². The Balaban J connectivity index is 2.19. The summed E-state index contributed by atoms with van der Waals surface area (Å²) < 4.78 is 47.1. The van der Waals surface area contributed by atoms with Gasteiger partial charge < -0.3 is 19.9 Å². The Morgan fingerprint density at radius 3 is 2.50 bits per heavy atom. The fourth-order valence-electron chi connectivity index (χ4n) is 3.41. The number of aromatic nitrogens is 1. The molecule has 1 aromatic carbocycles. The van der Waals surface area contributed by atoms with Crippen molar-refractivity contribution in [2.75, 3.05) is 30.8 Å². The molecule has 2 N–H and O–H groups in total. The Kier molecular flexibility index (Phi) is 5.23. The second kappa shape index (κ2) is 7.46. The zero-order valence-electron chi connectivity index (χ0n) is 15.2. The highest BCUT2D eigenvalue weighted by Gasteiger charge is 2.36. The first-order valence-electron chi connectivity index (χ1n) is 8.73. The van der Waals surface area contributed by atoms with E-state index in [0.717, 1.165) is 43.2 Å². The largest absolute Gasteiger partial charge is 0.464 e. The van der Waals surface area contributed by atoms with Crippen LogP contribution in [-0.2, 0) is 10.9 Å². The van der Waals surface area contributed by atoms with E-state index < -0.39 is 17.7 Å². The van der Waals surface area contributed by atoms with Crippen LogP contribution in [0, 0.1) is 11.3 Å². The lowest BCUT2D eigenvalue weighted by Gasteiger charge is -2.30. The molecule has 0 unspecified atom stereocenters. The maximum absolute atomic E-state index is 13.8.